The Hall–Kier alpha value is -1.99. The molecule has 0 saturated heterocycles. The number of halogens is 2. The summed E-state index contributed by atoms with van der Waals surface area (Å²) in [5.41, 5.74) is 3.92. The molecule has 5 nitrogen and oxygen atoms in total. The third-order valence-corrected chi connectivity index (χ3v) is 3.29. The van der Waals surface area contributed by atoms with Crippen LogP contribution < -0.4 is 16.6 Å². The zero-order valence-electron chi connectivity index (χ0n) is 10.6. The summed E-state index contributed by atoms with van der Waals surface area (Å²) in [6.45, 7) is 1.71. The Kier molecular flexibility index (Phi) is 4.31. The second-order valence-corrected chi connectivity index (χ2v) is 4.96. The number of anilines is 2. The van der Waals surface area contributed by atoms with Gasteiger partial charge in [0.25, 0.3) is 5.91 Å². The van der Waals surface area contributed by atoms with Crippen molar-refractivity contribution in [2.75, 3.05) is 10.7 Å². The van der Waals surface area contributed by atoms with Gasteiger partial charge in [0.2, 0.25) is 0 Å². The van der Waals surface area contributed by atoms with E-state index < -0.39 is 0 Å². The van der Waals surface area contributed by atoms with Gasteiger partial charge in [-0.05, 0) is 52.7 Å². The van der Waals surface area contributed by atoms with Gasteiger partial charge in [0.15, 0.2) is 0 Å². The fourth-order valence-corrected chi connectivity index (χ4v) is 1.97. The van der Waals surface area contributed by atoms with Crippen LogP contribution in [0.5, 0.6) is 0 Å². The molecule has 1 aromatic carbocycles. The standard InChI is InChI=1S/C13H12BrFN4O/c1-7-4-10(15)9(14)6-11(7)18-13(20)8-2-3-17-12(5-8)19-16/h2-6H,16H2,1H3,(H,17,19)(H,18,20). The zero-order valence-corrected chi connectivity index (χ0v) is 12.2. The van der Waals surface area contributed by atoms with Gasteiger partial charge in [-0.25, -0.2) is 15.2 Å². The molecule has 2 rings (SSSR count). The number of aromatic nitrogens is 1. The lowest BCUT2D eigenvalue weighted by atomic mass is 10.1. The lowest BCUT2D eigenvalue weighted by Crippen LogP contribution is -2.15. The summed E-state index contributed by atoms with van der Waals surface area (Å²) in [4.78, 5) is 16.0. The number of rotatable bonds is 3. The van der Waals surface area contributed by atoms with E-state index in [1.165, 1.54) is 24.4 Å². The van der Waals surface area contributed by atoms with E-state index in [1.54, 1.807) is 13.0 Å². The highest BCUT2D eigenvalue weighted by molar-refractivity contribution is 9.10. The maximum atomic E-state index is 13.3. The first-order chi connectivity index (χ1) is 9.51. The van der Waals surface area contributed by atoms with Crippen molar-refractivity contribution in [3.8, 4) is 0 Å². The van der Waals surface area contributed by atoms with E-state index in [0.29, 0.717) is 22.6 Å². The van der Waals surface area contributed by atoms with Gasteiger partial charge < -0.3 is 10.7 Å². The smallest absolute Gasteiger partial charge is 0.255 e. The average molecular weight is 339 g/mol. The van der Waals surface area contributed by atoms with Crippen molar-refractivity contribution in [2.24, 2.45) is 5.84 Å². The van der Waals surface area contributed by atoms with E-state index in [4.69, 9.17) is 5.84 Å². The van der Waals surface area contributed by atoms with Crippen molar-refractivity contribution in [1.29, 1.82) is 0 Å². The van der Waals surface area contributed by atoms with E-state index >= 15 is 0 Å². The van der Waals surface area contributed by atoms with Crippen LogP contribution in [-0.4, -0.2) is 10.9 Å². The lowest BCUT2D eigenvalue weighted by molar-refractivity contribution is 0.102. The van der Waals surface area contributed by atoms with E-state index in [1.807, 2.05) is 0 Å². The van der Waals surface area contributed by atoms with Gasteiger partial charge >= 0.3 is 0 Å². The summed E-state index contributed by atoms with van der Waals surface area (Å²) in [6.07, 6.45) is 1.47. The van der Waals surface area contributed by atoms with E-state index in [9.17, 15) is 9.18 Å². The monoisotopic (exact) mass is 338 g/mol. The number of carbonyl (C=O) groups is 1. The third kappa shape index (κ3) is 3.12. The number of pyridine rings is 1. The molecular weight excluding hydrogens is 327 g/mol. The molecule has 0 atom stereocenters. The second-order valence-electron chi connectivity index (χ2n) is 4.11. The van der Waals surface area contributed by atoms with Gasteiger partial charge in [-0.15, -0.1) is 0 Å². The van der Waals surface area contributed by atoms with E-state index in [-0.39, 0.29) is 16.2 Å². The summed E-state index contributed by atoms with van der Waals surface area (Å²) in [6, 6.07) is 5.94. The molecule has 0 aliphatic rings. The summed E-state index contributed by atoms with van der Waals surface area (Å²) in [5.74, 6) is 4.92. The highest BCUT2D eigenvalue weighted by Gasteiger charge is 2.11. The number of benzene rings is 1. The highest BCUT2D eigenvalue weighted by atomic mass is 79.9. The molecule has 1 heterocycles. The topological polar surface area (TPSA) is 80.0 Å². The Morgan fingerprint density at radius 3 is 2.85 bits per heavy atom. The molecule has 0 saturated carbocycles. The zero-order chi connectivity index (χ0) is 14.7. The first kappa shape index (κ1) is 14.4. The molecular formula is C13H12BrFN4O. The number of nitrogens with one attached hydrogen (secondary N) is 2. The Balaban J connectivity index is 2.25. The molecule has 0 bridgehead atoms. The van der Waals surface area contributed by atoms with Crippen molar-refractivity contribution in [1.82, 2.24) is 4.98 Å². The number of nitrogen functional groups attached to an aromatic ring is 1. The summed E-state index contributed by atoms with van der Waals surface area (Å²) in [7, 11) is 0. The van der Waals surface area contributed by atoms with E-state index in [0.717, 1.165) is 0 Å². The normalized spacial score (nSPS) is 10.2. The second kappa shape index (κ2) is 5.98. The largest absolute Gasteiger partial charge is 0.322 e. The van der Waals surface area contributed by atoms with Crippen LogP contribution in [0.15, 0.2) is 34.9 Å². The Bertz CT molecular complexity index is 663. The fourth-order valence-electron chi connectivity index (χ4n) is 1.63. The van der Waals surface area contributed by atoms with Crippen LogP contribution in [0.3, 0.4) is 0 Å². The van der Waals surface area contributed by atoms with Gasteiger partial charge in [-0.3, -0.25) is 4.79 Å². The molecule has 0 spiro atoms. The van der Waals surface area contributed by atoms with Crippen LogP contribution in [-0.2, 0) is 0 Å². The maximum Gasteiger partial charge on any atom is 0.255 e. The molecule has 2 aromatic rings. The summed E-state index contributed by atoms with van der Waals surface area (Å²) in [5, 5.41) is 2.71. The van der Waals surface area contributed by atoms with Crippen molar-refractivity contribution in [3.63, 3.8) is 0 Å². The van der Waals surface area contributed by atoms with Crippen molar-refractivity contribution in [3.05, 3.63) is 51.9 Å². The van der Waals surface area contributed by atoms with E-state index in [2.05, 4.69) is 31.7 Å². The minimum atomic E-state index is -0.376. The number of nitrogens with two attached hydrogens (primary N) is 1. The first-order valence-corrected chi connectivity index (χ1v) is 6.50. The van der Waals surface area contributed by atoms with Gasteiger partial charge in [0.1, 0.15) is 11.6 Å². The first-order valence-electron chi connectivity index (χ1n) is 5.71. The molecule has 0 unspecified atom stereocenters. The number of aryl methyl sites for hydroxylation is 1. The Morgan fingerprint density at radius 1 is 1.40 bits per heavy atom. The van der Waals surface area contributed by atoms with Gasteiger partial charge in [0, 0.05) is 17.4 Å². The predicted molar refractivity (Wildman–Crippen MR) is 78.8 cm³/mol. The molecule has 20 heavy (non-hydrogen) atoms. The molecule has 0 aliphatic carbocycles. The Labute approximate surface area is 123 Å². The van der Waals surface area contributed by atoms with Crippen LogP contribution in [0, 0.1) is 12.7 Å². The van der Waals surface area contributed by atoms with Gasteiger partial charge in [-0.1, -0.05) is 0 Å². The lowest BCUT2D eigenvalue weighted by Gasteiger charge is -2.10. The van der Waals surface area contributed by atoms with Crippen LogP contribution >= 0.6 is 15.9 Å². The number of nitrogens with zero attached hydrogens (tertiary/aromatic N) is 1. The van der Waals surface area contributed by atoms with Crippen molar-refractivity contribution in [2.45, 2.75) is 6.92 Å². The molecule has 0 radical (unpaired) electrons. The fraction of sp³-hybridized carbons (Fsp3) is 0.0769. The summed E-state index contributed by atoms with van der Waals surface area (Å²) < 4.78 is 13.6. The average Bonchev–Trinajstić information content (AvgIpc) is 2.44. The van der Waals surface area contributed by atoms with Crippen LogP contribution in [0.25, 0.3) is 0 Å². The molecule has 1 amide bonds. The number of amides is 1. The van der Waals surface area contributed by atoms with Gasteiger partial charge in [0.05, 0.1) is 4.47 Å². The minimum Gasteiger partial charge on any atom is -0.322 e. The molecule has 104 valence electrons. The minimum absolute atomic E-state index is 0.289. The molecule has 4 N–H and O–H groups in total. The highest BCUT2D eigenvalue weighted by Crippen LogP contribution is 2.24. The van der Waals surface area contributed by atoms with Crippen molar-refractivity contribution >= 4 is 33.3 Å². The molecule has 7 heteroatoms. The van der Waals surface area contributed by atoms with Crippen LogP contribution in [0.1, 0.15) is 15.9 Å². The third-order valence-electron chi connectivity index (χ3n) is 2.69. The number of hydrogen-bond donors (Lipinski definition) is 3. The van der Waals surface area contributed by atoms with Crippen LogP contribution in [0.4, 0.5) is 15.9 Å². The Morgan fingerprint density at radius 2 is 2.15 bits per heavy atom. The molecule has 0 fully saturated rings. The van der Waals surface area contributed by atoms with Crippen LogP contribution in [0.2, 0.25) is 0 Å². The quantitative estimate of drug-likeness (QED) is 0.593. The number of hydrazine groups is 1. The van der Waals surface area contributed by atoms with Gasteiger partial charge in [-0.2, -0.15) is 0 Å². The molecule has 0 aliphatic heterocycles. The summed E-state index contributed by atoms with van der Waals surface area (Å²) >= 11 is 3.09. The molecule has 1 aromatic heterocycles. The SMILES string of the molecule is Cc1cc(F)c(Br)cc1NC(=O)c1ccnc(NN)c1. The maximum absolute atomic E-state index is 13.3. The number of hydrogen-bond acceptors (Lipinski definition) is 4. The van der Waals surface area contributed by atoms with Crippen molar-refractivity contribution < 1.29 is 9.18 Å². The predicted octanol–water partition coefficient (Wildman–Crippen LogP) is 2.83. The number of carbonyl (C=O) groups excluding carboxylic acids is 1.